The van der Waals surface area contributed by atoms with Crippen LogP contribution in [0.5, 0.6) is 0 Å². The number of nitrogens with one attached hydrogen (secondary N) is 3. The molecule has 0 aliphatic rings. The van der Waals surface area contributed by atoms with Crippen LogP contribution in [0, 0.1) is 6.92 Å². The third kappa shape index (κ3) is 5.36. The van der Waals surface area contributed by atoms with Gasteiger partial charge in [0.1, 0.15) is 0 Å². The van der Waals surface area contributed by atoms with Crippen molar-refractivity contribution in [1.29, 1.82) is 0 Å². The normalized spacial score (nSPS) is 10.8. The van der Waals surface area contributed by atoms with E-state index in [2.05, 4.69) is 25.3 Å². The molecule has 0 atom stereocenters. The first-order valence-electron chi connectivity index (χ1n) is 8.42. The number of amides is 3. The Hall–Kier alpha value is -3.79. The second-order valence-corrected chi connectivity index (χ2v) is 7.66. The van der Waals surface area contributed by atoms with Gasteiger partial charge in [-0.3, -0.25) is 10.1 Å². The number of carbonyl (C=O) groups is 2. The number of urea groups is 1. The number of anilines is 2. The number of hydrogen-bond acceptors (Lipinski definition) is 6. The van der Waals surface area contributed by atoms with Gasteiger partial charge in [-0.25, -0.2) is 27.9 Å². The minimum atomic E-state index is -3.87. The summed E-state index contributed by atoms with van der Waals surface area (Å²) in [6, 6.07) is 13.0. The van der Waals surface area contributed by atoms with Crippen molar-refractivity contribution in [3.05, 3.63) is 78.1 Å². The average molecular weight is 411 g/mol. The molecule has 0 saturated carbocycles. The van der Waals surface area contributed by atoms with Crippen LogP contribution in [0.15, 0.2) is 71.9 Å². The number of rotatable bonds is 5. The summed E-state index contributed by atoms with van der Waals surface area (Å²) in [5.74, 6) is -0.600. The molecule has 3 N–H and O–H groups in total. The molecule has 0 aliphatic heterocycles. The second kappa shape index (κ2) is 8.48. The predicted octanol–water partition coefficient (Wildman–Crippen LogP) is 2.55. The van der Waals surface area contributed by atoms with Crippen molar-refractivity contribution >= 4 is 33.6 Å². The molecule has 2 aromatic carbocycles. The Kier molecular flexibility index (Phi) is 5.84. The molecule has 3 aromatic rings. The molecule has 0 radical (unpaired) electrons. The van der Waals surface area contributed by atoms with Crippen LogP contribution < -0.4 is 15.4 Å². The molecule has 9 nitrogen and oxygen atoms in total. The van der Waals surface area contributed by atoms with Gasteiger partial charge in [-0.15, -0.1) is 0 Å². The highest BCUT2D eigenvalue weighted by atomic mass is 32.2. The third-order valence-corrected chi connectivity index (χ3v) is 5.10. The first-order chi connectivity index (χ1) is 13.8. The maximum atomic E-state index is 12.3. The minimum absolute atomic E-state index is 0.0355. The van der Waals surface area contributed by atoms with Gasteiger partial charge in [0.2, 0.25) is 5.95 Å². The largest absolute Gasteiger partial charge is 0.326 e. The first-order valence-corrected chi connectivity index (χ1v) is 9.91. The lowest BCUT2D eigenvalue weighted by Crippen LogP contribution is -2.34. The molecule has 3 amide bonds. The molecule has 3 rings (SSSR count). The highest BCUT2D eigenvalue weighted by molar-refractivity contribution is 7.92. The maximum Gasteiger partial charge on any atom is 0.326 e. The summed E-state index contributed by atoms with van der Waals surface area (Å²) in [6.07, 6.45) is 2.82. The fraction of sp³-hybridized carbons (Fsp3) is 0.0526. The van der Waals surface area contributed by atoms with Gasteiger partial charge in [-0.2, -0.15) is 0 Å². The molecule has 0 aliphatic carbocycles. The van der Waals surface area contributed by atoms with Crippen LogP contribution in [-0.4, -0.2) is 30.3 Å². The van der Waals surface area contributed by atoms with Gasteiger partial charge in [0.05, 0.1) is 4.90 Å². The minimum Gasteiger partial charge on any atom is -0.308 e. The Morgan fingerprint density at radius 2 is 1.52 bits per heavy atom. The predicted molar refractivity (Wildman–Crippen MR) is 107 cm³/mol. The Morgan fingerprint density at radius 3 is 2.14 bits per heavy atom. The Morgan fingerprint density at radius 1 is 0.897 bits per heavy atom. The smallest absolute Gasteiger partial charge is 0.308 e. The van der Waals surface area contributed by atoms with E-state index in [0.717, 1.165) is 5.56 Å². The summed E-state index contributed by atoms with van der Waals surface area (Å²) in [5.41, 5.74) is 1.66. The molecule has 0 bridgehead atoms. The summed E-state index contributed by atoms with van der Waals surface area (Å²) in [5, 5.41) is 4.68. The molecular formula is C19H17N5O4S. The summed E-state index contributed by atoms with van der Waals surface area (Å²) in [6.45, 7) is 1.89. The van der Waals surface area contributed by atoms with Crippen molar-refractivity contribution in [2.45, 2.75) is 11.8 Å². The summed E-state index contributed by atoms with van der Waals surface area (Å²) in [4.78, 5) is 31.6. The average Bonchev–Trinajstić information content (AvgIpc) is 2.69. The number of sulfonamides is 1. The number of imide groups is 1. The Labute approximate surface area is 167 Å². The lowest BCUT2D eigenvalue weighted by atomic mass is 10.1. The number of carbonyl (C=O) groups excluding carboxylic acids is 2. The molecule has 29 heavy (non-hydrogen) atoms. The van der Waals surface area contributed by atoms with Gasteiger partial charge in [-0.05, 0) is 49.4 Å². The number of benzene rings is 2. The summed E-state index contributed by atoms with van der Waals surface area (Å²) < 4.78 is 26.9. The van der Waals surface area contributed by atoms with Crippen molar-refractivity contribution in [3.8, 4) is 0 Å². The monoisotopic (exact) mass is 411 g/mol. The van der Waals surface area contributed by atoms with Gasteiger partial charge in [-0.1, -0.05) is 17.7 Å². The molecule has 0 unspecified atom stereocenters. The lowest BCUT2D eigenvalue weighted by molar-refractivity contribution is 0.0967. The van der Waals surface area contributed by atoms with Crippen molar-refractivity contribution < 1.29 is 18.0 Å². The second-order valence-electron chi connectivity index (χ2n) is 5.98. The van der Waals surface area contributed by atoms with Crippen molar-refractivity contribution in [2.24, 2.45) is 0 Å². The SMILES string of the molecule is Cc1ccc(C(=O)NC(=O)Nc2ccc(S(=O)(=O)Nc3ncccn3)cc2)cc1. The van der Waals surface area contributed by atoms with Crippen LogP contribution in [0.1, 0.15) is 15.9 Å². The van der Waals surface area contributed by atoms with Gasteiger partial charge in [0.15, 0.2) is 0 Å². The van der Waals surface area contributed by atoms with E-state index in [0.29, 0.717) is 11.3 Å². The quantitative estimate of drug-likeness (QED) is 0.591. The van der Waals surface area contributed by atoms with Crippen molar-refractivity contribution in [1.82, 2.24) is 15.3 Å². The topological polar surface area (TPSA) is 130 Å². The van der Waals surface area contributed by atoms with Gasteiger partial charge < -0.3 is 5.32 Å². The van der Waals surface area contributed by atoms with Crippen LogP contribution >= 0.6 is 0 Å². The number of hydrogen-bond donors (Lipinski definition) is 3. The van der Waals surface area contributed by atoms with E-state index in [1.54, 1.807) is 30.3 Å². The molecule has 148 valence electrons. The van der Waals surface area contributed by atoms with Crippen LogP contribution in [-0.2, 0) is 10.0 Å². The van der Waals surface area contributed by atoms with Crippen molar-refractivity contribution in [2.75, 3.05) is 10.0 Å². The van der Waals surface area contributed by atoms with E-state index in [1.807, 2.05) is 6.92 Å². The summed E-state index contributed by atoms with van der Waals surface area (Å²) in [7, 11) is -3.87. The summed E-state index contributed by atoms with van der Waals surface area (Å²) >= 11 is 0. The highest BCUT2D eigenvalue weighted by Crippen LogP contribution is 2.16. The molecule has 1 aromatic heterocycles. The number of aromatic nitrogens is 2. The van der Waals surface area contributed by atoms with Gasteiger partial charge in [0.25, 0.3) is 15.9 Å². The lowest BCUT2D eigenvalue weighted by Gasteiger charge is -2.09. The fourth-order valence-corrected chi connectivity index (χ4v) is 3.25. The molecule has 0 spiro atoms. The van der Waals surface area contributed by atoms with E-state index >= 15 is 0 Å². The van der Waals surface area contributed by atoms with Crippen molar-refractivity contribution in [3.63, 3.8) is 0 Å². The van der Waals surface area contributed by atoms with E-state index < -0.39 is 22.0 Å². The fourth-order valence-electron chi connectivity index (χ4n) is 2.29. The van der Waals surface area contributed by atoms with E-state index in [1.165, 1.54) is 36.7 Å². The number of nitrogens with zero attached hydrogens (tertiary/aromatic N) is 2. The van der Waals surface area contributed by atoms with Crippen LogP contribution in [0.4, 0.5) is 16.4 Å². The zero-order valence-corrected chi connectivity index (χ0v) is 16.1. The number of aryl methyl sites for hydroxylation is 1. The highest BCUT2D eigenvalue weighted by Gasteiger charge is 2.16. The van der Waals surface area contributed by atoms with Crippen LogP contribution in [0.2, 0.25) is 0 Å². The molecule has 10 heteroatoms. The molecule has 0 fully saturated rings. The van der Waals surface area contributed by atoms with Gasteiger partial charge >= 0.3 is 6.03 Å². The standard InChI is InChI=1S/C19H17N5O4S/c1-13-3-5-14(6-4-13)17(25)23-19(26)22-15-7-9-16(10-8-15)29(27,28)24-18-20-11-2-12-21-18/h2-12H,1H3,(H,20,21,24)(H2,22,23,25,26). The molecule has 0 saturated heterocycles. The van der Waals surface area contributed by atoms with E-state index in [4.69, 9.17) is 0 Å². The van der Waals surface area contributed by atoms with Crippen LogP contribution in [0.25, 0.3) is 0 Å². The molecule has 1 heterocycles. The Balaban J connectivity index is 1.62. The first kappa shape index (κ1) is 20.0. The Bertz CT molecular complexity index is 1120. The van der Waals surface area contributed by atoms with Gasteiger partial charge in [0, 0.05) is 23.6 Å². The molecular weight excluding hydrogens is 394 g/mol. The maximum absolute atomic E-state index is 12.3. The zero-order valence-electron chi connectivity index (χ0n) is 15.3. The van der Waals surface area contributed by atoms with Crippen LogP contribution in [0.3, 0.4) is 0 Å². The zero-order chi connectivity index (χ0) is 20.9. The van der Waals surface area contributed by atoms with E-state index in [9.17, 15) is 18.0 Å². The van der Waals surface area contributed by atoms with E-state index in [-0.39, 0.29) is 10.8 Å². The third-order valence-electron chi connectivity index (χ3n) is 3.75.